The summed E-state index contributed by atoms with van der Waals surface area (Å²) in [5, 5.41) is 15.2. The van der Waals surface area contributed by atoms with E-state index in [1.54, 1.807) is 26.4 Å². The highest BCUT2D eigenvalue weighted by Crippen LogP contribution is 2.38. The average molecular weight is 406 g/mol. The monoisotopic (exact) mass is 406 g/mol. The molecule has 7 heteroatoms. The van der Waals surface area contributed by atoms with Gasteiger partial charge in [-0.05, 0) is 55.3 Å². The number of carbonyl (C=O) groups excluding carboxylic acids is 1. The summed E-state index contributed by atoms with van der Waals surface area (Å²) in [7, 11) is 3.16. The smallest absolute Gasteiger partial charge is 0.335 e. The zero-order valence-electron chi connectivity index (χ0n) is 16.7. The summed E-state index contributed by atoms with van der Waals surface area (Å²) in [6.07, 6.45) is 5.49. The van der Waals surface area contributed by atoms with Crippen LogP contribution in [0.2, 0.25) is 0 Å². The summed E-state index contributed by atoms with van der Waals surface area (Å²) < 4.78 is 10.8. The zero-order chi connectivity index (χ0) is 21.3. The Hall–Kier alpha value is -3.61. The number of carboxylic acids is 1. The van der Waals surface area contributed by atoms with Gasteiger partial charge in [0, 0.05) is 11.5 Å². The van der Waals surface area contributed by atoms with Crippen LogP contribution in [0.5, 0.6) is 11.5 Å². The van der Waals surface area contributed by atoms with Crippen LogP contribution in [-0.4, -0.2) is 36.9 Å². The average Bonchev–Trinajstić information content (AvgIpc) is 2.79. The van der Waals surface area contributed by atoms with Gasteiger partial charge in [-0.25, -0.2) is 9.80 Å². The maximum atomic E-state index is 13.2. The second kappa shape index (κ2) is 8.02. The second-order valence-electron chi connectivity index (χ2n) is 7.21. The van der Waals surface area contributed by atoms with Crippen LogP contribution in [0.3, 0.4) is 0 Å². The van der Waals surface area contributed by atoms with Gasteiger partial charge in [0.05, 0.1) is 37.1 Å². The number of fused-ring (bicyclic) bond motifs is 1. The number of methoxy groups -OCH3 is 2. The number of hydrogen-bond acceptors (Lipinski definition) is 5. The number of rotatable bonds is 5. The fourth-order valence-electron chi connectivity index (χ4n) is 3.98. The van der Waals surface area contributed by atoms with Crippen molar-refractivity contribution in [3.63, 3.8) is 0 Å². The predicted molar refractivity (Wildman–Crippen MR) is 112 cm³/mol. The number of allylic oxidation sites excluding steroid dienone is 2. The van der Waals surface area contributed by atoms with Gasteiger partial charge in [-0.3, -0.25) is 4.79 Å². The minimum Gasteiger partial charge on any atom is -0.493 e. The Morgan fingerprint density at radius 2 is 1.67 bits per heavy atom. The predicted octanol–water partition coefficient (Wildman–Crippen LogP) is 3.74. The molecule has 0 radical (unpaired) electrons. The zero-order valence-corrected chi connectivity index (χ0v) is 16.7. The topological polar surface area (TPSA) is 88.4 Å². The van der Waals surface area contributed by atoms with Gasteiger partial charge in [-0.2, -0.15) is 5.10 Å². The highest BCUT2D eigenvalue weighted by Gasteiger charge is 2.40. The molecule has 0 aromatic heterocycles. The van der Waals surface area contributed by atoms with Crippen molar-refractivity contribution < 1.29 is 24.2 Å². The first kappa shape index (κ1) is 19.7. The minimum atomic E-state index is -1.02. The molecule has 1 aliphatic carbocycles. The molecule has 2 aliphatic rings. The van der Waals surface area contributed by atoms with Crippen LogP contribution in [-0.2, 0) is 4.79 Å². The van der Waals surface area contributed by atoms with Gasteiger partial charge in [0.1, 0.15) is 0 Å². The van der Waals surface area contributed by atoms with Crippen LogP contribution in [0, 0.1) is 11.8 Å². The lowest BCUT2D eigenvalue weighted by Gasteiger charge is -2.37. The standard InChI is InChI=1S/C23H22N2O5/c1-29-19-12-9-15(13-20(19)30-2)21-17-5-3-4-6-18(17)22(26)25(24-21)16-10-7-14(8-11-16)23(27)28/h3-4,7-13,17-18H,5-6H2,1-2H3,(H,27,28). The summed E-state index contributed by atoms with van der Waals surface area (Å²) >= 11 is 0. The lowest BCUT2D eigenvalue weighted by atomic mass is 9.76. The summed E-state index contributed by atoms with van der Waals surface area (Å²) in [6.45, 7) is 0. The highest BCUT2D eigenvalue weighted by molar-refractivity contribution is 6.11. The third kappa shape index (κ3) is 3.43. The lowest BCUT2D eigenvalue weighted by Crippen LogP contribution is -2.45. The van der Waals surface area contributed by atoms with Gasteiger partial charge >= 0.3 is 5.97 Å². The number of carbonyl (C=O) groups is 2. The van der Waals surface area contributed by atoms with Gasteiger partial charge in [0.25, 0.3) is 5.91 Å². The van der Waals surface area contributed by atoms with E-state index in [1.165, 1.54) is 17.1 Å². The molecule has 2 atom stereocenters. The van der Waals surface area contributed by atoms with Gasteiger partial charge in [0.2, 0.25) is 0 Å². The first-order valence-electron chi connectivity index (χ1n) is 9.66. The van der Waals surface area contributed by atoms with Crippen molar-refractivity contribution in [1.29, 1.82) is 0 Å². The molecular weight excluding hydrogens is 384 g/mol. The summed E-state index contributed by atoms with van der Waals surface area (Å²) in [4.78, 5) is 24.4. The molecule has 0 saturated heterocycles. The molecule has 0 spiro atoms. The fourth-order valence-corrected chi connectivity index (χ4v) is 3.98. The van der Waals surface area contributed by atoms with E-state index in [9.17, 15) is 9.59 Å². The molecule has 1 aliphatic heterocycles. The van der Waals surface area contributed by atoms with Crippen LogP contribution in [0.15, 0.2) is 59.7 Å². The number of hydrazone groups is 1. The normalized spacial score (nSPS) is 20.4. The first-order valence-corrected chi connectivity index (χ1v) is 9.66. The van der Waals surface area contributed by atoms with Gasteiger partial charge < -0.3 is 14.6 Å². The molecule has 154 valence electrons. The molecule has 0 saturated carbocycles. The number of carboxylic acid groups (broad SMARTS) is 1. The SMILES string of the molecule is COc1ccc(C2=NN(c3ccc(C(=O)O)cc3)C(=O)C3CC=CCC23)cc1OC. The molecule has 2 aromatic rings. The third-order valence-corrected chi connectivity index (χ3v) is 5.56. The maximum absolute atomic E-state index is 13.2. The number of anilines is 1. The van der Waals surface area contributed by atoms with E-state index in [-0.39, 0.29) is 23.3 Å². The van der Waals surface area contributed by atoms with Gasteiger partial charge in [0.15, 0.2) is 11.5 Å². The molecule has 30 heavy (non-hydrogen) atoms. The van der Waals surface area contributed by atoms with Crippen LogP contribution in [0.25, 0.3) is 0 Å². The number of amides is 1. The summed E-state index contributed by atoms with van der Waals surface area (Å²) in [5.41, 5.74) is 2.35. The molecule has 0 bridgehead atoms. The Morgan fingerprint density at radius 3 is 2.30 bits per heavy atom. The number of ether oxygens (including phenoxy) is 2. The van der Waals surface area contributed by atoms with E-state index >= 15 is 0 Å². The molecule has 1 N–H and O–H groups in total. The molecule has 0 fully saturated rings. The molecular formula is C23H22N2O5. The minimum absolute atomic E-state index is 0.0323. The number of hydrogen-bond donors (Lipinski definition) is 1. The van der Waals surface area contributed by atoms with Crippen LogP contribution >= 0.6 is 0 Å². The summed E-state index contributed by atoms with van der Waals surface area (Å²) in [6, 6.07) is 11.8. The van der Waals surface area contributed by atoms with Crippen molar-refractivity contribution in [3.05, 3.63) is 65.7 Å². The Balaban J connectivity index is 1.80. The number of nitrogens with zero attached hydrogens (tertiary/aromatic N) is 2. The Morgan fingerprint density at radius 1 is 1.00 bits per heavy atom. The third-order valence-electron chi connectivity index (χ3n) is 5.56. The second-order valence-corrected chi connectivity index (χ2v) is 7.21. The van der Waals surface area contributed by atoms with E-state index in [0.717, 1.165) is 17.7 Å². The quantitative estimate of drug-likeness (QED) is 0.765. The summed E-state index contributed by atoms with van der Waals surface area (Å²) in [5.74, 6) is -0.148. The van der Waals surface area contributed by atoms with E-state index in [4.69, 9.17) is 19.7 Å². The molecule has 2 unspecified atom stereocenters. The van der Waals surface area contributed by atoms with Crippen molar-refractivity contribution in [2.45, 2.75) is 12.8 Å². The molecule has 1 amide bonds. The fraction of sp³-hybridized carbons (Fsp3) is 0.261. The van der Waals surface area contributed by atoms with Crippen LogP contribution < -0.4 is 14.5 Å². The molecule has 1 heterocycles. The Kier molecular flexibility index (Phi) is 5.27. The Labute approximate surface area is 174 Å². The highest BCUT2D eigenvalue weighted by atomic mass is 16.5. The first-order chi connectivity index (χ1) is 14.5. The van der Waals surface area contributed by atoms with Gasteiger partial charge in [-0.15, -0.1) is 0 Å². The van der Waals surface area contributed by atoms with Crippen LogP contribution in [0.1, 0.15) is 28.8 Å². The van der Waals surface area contributed by atoms with Crippen molar-refractivity contribution in [3.8, 4) is 11.5 Å². The maximum Gasteiger partial charge on any atom is 0.335 e. The van der Waals surface area contributed by atoms with E-state index < -0.39 is 5.97 Å². The van der Waals surface area contributed by atoms with Crippen molar-refractivity contribution in [2.75, 3.05) is 19.2 Å². The van der Waals surface area contributed by atoms with E-state index in [0.29, 0.717) is 23.6 Å². The lowest BCUT2D eigenvalue weighted by molar-refractivity contribution is -0.123. The number of aromatic carboxylic acids is 1. The molecule has 4 rings (SSSR count). The molecule has 2 aromatic carbocycles. The van der Waals surface area contributed by atoms with Crippen molar-refractivity contribution >= 4 is 23.3 Å². The van der Waals surface area contributed by atoms with Gasteiger partial charge in [-0.1, -0.05) is 12.2 Å². The Bertz CT molecular complexity index is 1040. The van der Waals surface area contributed by atoms with Crippen LogP contribution in [0.4, 0.5) is 5.69 Å². The van der Waals surface area contributed by atoms with E-state index in [2.05, 4.69) is 6.08 Å². The largest absolute Gasteiger partial charge is 0.493 e. The number of benzene rings is 2. The van der Waals surface area contributed by atoms with E-state index in [1.807, 2.05) is 24.3 Å². The molecule has 7 nitrogen and oxygen atoms in total. The van der Waals surface area contributed by atoms with Crippen molar-refractivity contribution in [2.24, 2.45) is 16.9 Å². The van der Waals surface area contributed by atoms with Crippen molar-refractivity contribution in [1.82, 2.24) is 0 Å².